The van der Waals surface area contributed by atoms with Gasteiger partial charge in [0, 0.05) is 24.9 Å². The smallest absolute Gasteiger partial charge is 0.248 e. The standard InChI is InChI=1S/C18H20N2O5S/c1-14-4-6-16(26(22,23)20-8-11-24-12-9-20)13-17(14)19-18(21)7-5-15-3-2-10-25-15/h2-7,10,13H,8-9,11-12H2,1H3,(H,19,21)/b7-5+. The first kappa shape index (κ1) is 18.4. The summed E-state index contributed by atoms with van der Waals surface area (Å²) in [6.07, 6.45) is 4.39. The highest BCUT2D eigenvalue weighted by molar-refractivity contribution is 7.89. The summed E-state index contributed by atoms with van der Waals surface area (Å²) in [6, 6.07) is 8.17. The van der Waals surface area contributed by atoms with Crippen molar-refractivity contribution in [3.8, 4) is 0 Å². The minimum atomic E-state index is -3.62. The van der Waals surface area contributed by atoms with Crippen LogP contribution in [0, 0.1) is 6.92 Å². The molecular formula is C18H20N2O5S. The van der Waals surface area contributed by atoms with Gasteiger partial charge >= 0.3 is 0 Å². The fourth-order valence-corrected chi connectivity index (χ4v) is 3.99. The third-order valence-electron chi connectivity index (χ3n) is 4.02. The van der Waals surface area contributed by atoms with Crippen LogP contribution in [0.15, 0.2) is 52.0 Å². The zero-order chi connectivity index (χ0) is 18.6. The predicted octanol–water partition coefficient (Wildman–Crippen LogP) is 2.26. The third kappa shape index (κ3) is 4.21. The molecule has 1 fully saturated rings. The van der Waals surface area contributed by atoms with E-state index < -0.39 is 10.0 Å². The van der Waals surface area contributed by atoms with Gasteiger partial charge in [0.1, 0.15) is 5.76 Å². The number of carbonyl (C=O) groups is 1. The van der Waals surface area contributed by atoms with Crippen LogP contribution < -0.4 is 5.32 Å². The monoisotopic (exact) mass is 376 g/mol. The summed E-state index contributed by atoms with van der Waals surface area (Å²) in [5.74, 6) is 0.186. The number of rotatable bonds is 5. The van der Waals surface area contributed by atoms with E-state index in [-0.39, 0.29) is 10.8 Å². The summed E-state index contributed by atoms with van der Waals surface area (Å²) in [7, 11) is -3.62. The maximum absolute atomic E-state index is 12.7. The van der Waals surface area contributed by atoms with E-state index in [0.717, 1.165) is 5.56 Å². The van der Waals surface area contributed by atoms with Crippen molar-refractivity contribution < 1.29 is 22.4 Å². The van der Waals surface area contributed by atoms with Crippen LogP contribution in [0.25, 0.3) is 6.08 Å². The Balaban J connectivity index is 1.78. The van der Waals surface area contributed by atoms with Crippen LogP contribution in [0.5, 0.6) is 0 Å². The van der Waals surface area contributed by atoms with Crippen molar-refractivity contribution in [2.75, 3.05) is 31.6 Å². The van der Waals surface area contributed by atoms with Gasteiger partial charge in [0.2, 0.25) is 15.9 Å². The van der Waals surface area contributed by atoms with Crippen LogP contribution in [-0.2, 0) is 19.6 Å². The van der Waals surface area contributed by atoms with Crippen molar-refractivity contribution in [1.82, 2.24) is 4.31 Å². The molecule has 7 nitrogen and oxygen atoms in total. The molecule has 26 heavy (non-hydrogen) atoms. The molecule has 1 saturated heterocycles. The fraction of sp³-hybridized carbons (Fsp3) is 0.278. The number of carbonyl (C=O) groups excluding carboxylic acids is 1. The number of nitrogens with zero attached hydrogens (tertiary/aromatic N) is 1. The second-order valence-corrected chi connectivity index (χ2v) is 7.77. The average Bonchev–Trinajstić information content (AvgIpc) is 3.16. The predicted molar refractivity (Wildman–Crippen MR) is 97.1 cm³/mol. The van der Waals surface area contributed by atoms with Crippen molar-refractivity contribution in [1.29, 1.82) is 0 Å². The number of aryl methyl sites for hydroxylation is 1. The van der Waals surface area contributed by atoms with E-state index in [0.29, 0.717) is 37.8 Å². The first-order chi connectivity index (χ1) is 12.5. The Kier molecular flexibility index (Phi) is 5.55. The molecule has 1 aromatic carbocycles. The van der Waals surface area contributed by atoms with E-state index in [1.54, 1.807) is 37.3 Å². The zero-order valence-corrected chi connectivity index (χ0v) is 15.2. The Bertz CT molecular complexity index is 898. The molecule has 0 spiro atoms. The van der Waals surface area contributed by atoms with Gasteiger partial charge in [-0.05, 0) is 42.8 Å². The van der Waals surface area contributed by atoms with E-state index >= 15 is 0 Å². The Morgan fingerprint density at radius 1 is 1.23 bits per heavy atom. The van der Waals surface area contributed by atoms with Gasteiger partial charge in [0.15, 0.2) is 0 Å². The SMILES string of the molecule is Cc1ccc(S(=O)(=O)N2CCOCC2)cc1NC(=O)/C=C/c1ccco1. The maximum Gasteiger partial charge on any atom is 0.248 e. The van der Waals surface area contributed by atoms with Crippen LogP contribution in [0.1, 0.15) is 11.3 Å². The van der Waals surface area contributed by atoms with Gasteiger partial charge in [-0.3, -0.25) is 4.79 Å². The molecule has 3 rings (SSSR count). The highest BCUT2D eigenvalue weighted by Crippen LogP contribution is 2.23. The van der Waals surface area contributed by atoms with E-state index in [2.05, 4.69) is 5.32 Å². The molecule has 2 heterocycles. The zero-order valence-electron chi connectivity index (χ0n) is 14.3. The summed E-state index contributed by atoms with van der Waals surface area (Å²) in [5.41, 5.74) is 1.22. The summed E-state index contributed by atoms with van der Waals surface area (Å²) in [6.45, 7) is 3.21. The van der Waals surface area contributed by atoms with Gasteiger partial charge in [0.05, 0.1) is 24.4 Å². The minimum Gasteiger partial charge on any atom is -0.465 e. The van der Waals surface area contributed by atoms with Gasteiger partial charge in [-0.25, -0.2) is 8.42 Å². The number of sulfonamides is 1. The fourth-order valence-electron chi connectivity index (χ4n) is 2.55. The number of nitrogens with one attached hydrogen (secondary N) is 1. The highest BCUT2D eigenvalue weighted by atomic mass is 32.2. The summed E-state index contributed by atoms with van der Waals surface area (Å²) in [4.78, 5) is 12.3. The molecular weight excluding hydrogens is 356 g/mol. The lowest BCUT2D eigenvalue weighted by Crippen LogP contribution is -2.40. The molecule has 1 aromatic heterocycles. The lowest BCUT2D eigenvalue weighted by Gasteiger charge is -2.26. The molecule has 0 atom stereocenters. The lowest BCUT2D eigenvalue weighted by atomic mass is 10.2. The molecule has 8 heteroatoms. The maximum atomic E-state index is 12.7. The Morgan fingerprint density at radius 3 is 2.69 bits per heavy atom. The van der Waals surface area contributed by atoms with E-state index in [1.165, 1.54) is 22.7 Å². The second-order valence-electron chi connectivity index (χ2n) is 5.83. The van der Waals surface area contributed by atoms with Gasteiger partial charge in [-0.1, -0.05) is 6.07 Å². The lowest BCUT2D eigenvalue weighted by molar-refractivity contribution is -0.111. The van der Waals surface area contributed by atoms with Crippen LogP contribution in [0.4, 0.5) is 5.69 Å². The Hall–Kier alpha value is -2.42. The number of amides is 1. The van der Waals surface area contributed by atoms with Crippen LogP contribution >= 0.6 is 0 Å². The summed E-state index contributed by atoms with van der Waals surface area (Å²) in [5, 5.41) is 2.71. The minimum absolute atomic E-state index is 0.148. The number of benzene rings is 1. The van der Waals surface area contributed by atoms with Crippen molar-refractivity contribution in [3.63, 3.8) is 0 Å². The quantitative estimate of drug-likeness (QED) is 0.809. The van der Waals surface area contributed by atoms with E-state index in [4.69, 9.17) is 9.15 Å². The second kappa shape index (κ2) is 7.86. The summed E-state index contributed by atoms with van der Waals surface area (Å²) < 4.78 is 37.2. The highest BCUT2D eigenvalue weighted by Gasteiger charge is 2.26. The van der Waals surface area contributed by atoms with Crippen molar-refractivity contribution in [3.05, 3.63) is 54.0 Å². The van der Waals surface area contributed by atoms with Crippen molar-refractivity contribution in [2.24, 2.45) is 0 Å². The molecule has 1 N–H and O–H groups in total. The molecule has 138 valence electrons. The molecule has 0 aliphatic carbocycles. The van der Waals surface area contributed by atoms with Crippen LogP contribution in [0.2, 0.25) is 0 Å². The summed E-state index contributed by atoms with van der Waals surface area (Å²) >= 11 is 0. The number of anilines is 1. The number of ether oxygens (including phenoxy) is 1. The van der Waals surface area contributed by atoms with Crippen LogP contribution in [-0.4, -0.2) is 44.9 Å². The van der Waals surface area contributed by atoms with Gasteiger partial charge in [-0.2, -0.15) is 4.31 Å². The number of hydrogen-bond acceptors (Lipinski definition) is 5. The largest absolute Gasteiger partial charge is 0.465 e. The number of morpholine rings is 1. The molecule has 0 saturated carbocycles. The molecule has 0 unspecified atom stereocenters. The first-order valence-electron chi connectivity index (χ1n) is 8.18. The van der Waals surface area contributed by atoms with Crippen molar-refractivity contribution in [2.45, 2.75) is 11.8 Å². The molecule has 1 aliphatic heterocycles. The molecule has 0 bridgehead atoms. The molecule has 0 radical (unpaired) electrons. The molecule has 1 amide bonds. The third-order valence-corrected chi connectivity index (χ3v) is 5.91. The van der Waals surface area contributed by atoms with Crippen LogP contribution in [0.3, 0.4) is 0 Å². The molecule has 2 aromatic rings. The van der Waals surface area contributed by atoms with E-state index in [9.17, 15) is 13.2 Å². The van der Waals surface area contributed by atoms with Crippen molar-refractivity contribution >= 4 is 27.7 Å². The number of hydrogen-bond donors (Lipinski definition) is 1. The Morgan fingerprint density at radius 2 is 2.00 bits per heavy atom. The number of furan rings is 1. The topological polar surface area (TPSA) is 88.9 Å². The van der Waals surface area contributed by atoms with Gasteiger partial charge in [-0.15, -0.1) is 0 Å². The Labute approximate surface area is 152 Å². The van der Waals surface area contributed by atoms with Gasteiger partial charge < -0.3 is 14.5 Å². The first-order valence-corrected chi connectivity index (χ1v) is 9.62. The van der Waals surface area contributed by atoms with Gasteiger partial charge in [0.25, 0.3) is 0 Å². The molecule has 1 aliphatic rings. The average molecular weight is 376 g/mol. The van der Waals surface area contributed by atoms with E-state index in [1.807, 2.05) is 0 Å². The normalized spacial score (nSPS) is 16.0.